The number of thioether (sulfide) groups is 2. The molecule has 2 N–H and O–H groups in total. The van der Waals surface area contributed by atoms with Gasteiger partial charge in [0.2, 0.25) is 0 Å². The normalized spacial score (nSPS) is 10.6. The van der Waals surface area contributed by atoms with E-state index in [0.717, 1.165) is 10.0 Å². The topological polar surface area (TPSA) is 32.3 Å². The number of hydrogen-bond donors (Lipinski definition) is 2. The summed E-state index contributed by atoms with van der Waals surface area (Å²) >= 11 is 6.96. The van der Waals surface area contributed by atoms with Crippen molar-refractivity contribution >= 4 is 39.5 Å². The van der Waals surface area contributed by atoms with Crippen molar-refractivity contribution in [3.05, 3.63) is 22.2 Å². The fourth-order valence-corrected chi connectivity index (χ4v) is 3.87. The first kappa shape index (κ1) is 12.4. The molecular weight excluding hydrogens is 282 g/mol. The Balaban J connectivity index is 3.10. The Bertz CT molecular complexity index is 320. The minimum absolute atomic E-state index is 0.473. The van der Waals surface area contributed by atoms with E-state index >= 15 is 0 Å². The minimum atomic E-state index is 0.473. The van der Waals surface area contributed by atoms with Crippen LogP contribution in [0, 0.1) is 0 Å². The van der Waals surface area contributed by atoms with Gasteiger partial charge in [0, 0.05) is 20.8 Å². The number of nitrogens with one attached hydrogen (secondary N) is 1. The third-order valence-corrected chi connectivity index (χ3v) is 4.40. The van der Waals surface area contributed by atoms with E-state index in [1.54, 1.807) is 23.5 Å². The molecule has 0 radical (unpaired) electrons. The molecule has 0 unspecified atom stereocenters. The van der Waals surface area contributed by atoms with Gasteiger partial charge in [-0.2, -0.15) is 0 Å². The molecule has 0 aliphatic heterocycles. The zero-order valence-corrected chi connectivity index (χ0v) is 11.2. The molecule has 0 aliphatic rings. The van der Waals surface area contributed by atoms with E-state index in [0.29, 0.717) is 6.54 Å². The van der Waals surface area contributed by atoms with Crippen LogP contribution in [0.1, 0.15) is 5.56 Å². The van der Waals surface area contributed by atoms with Crippen LogP contribution in [0.5, 0.6) is 0 Å². The number of halogens is 1. The van der Waals surface area contributed by atoms with Crippen molar-refractivity contribution < 1.29 is 5.21 Å². The lowest BCUT2D eigenvalue weighted by atomic mass is 10.2. The van der Waals surface area contributed by atoms with Crippen LogP contribution in [0.25, 0.3) is 0 Å². The van der Waals surface area contributed by atoms with E-state index in [2.05, 4.69) is 40.0 Å². The molecule has 78 valence electrons. The van der Waals surface area contributed by atoms with Crippen molar-refractivity contribution in [2.45, 2.75) is 16.3 Å². The maximum atomic E-state index is 8.62. The summed E-state index contributed by atoms with van der Waals surface area (Å²) < 4.78 is 1.09. The first-order chi connectivity index (χ1) is 6.72. The van der Waals surface area contributed by atoms with E-state index in [4.69, 9.17) is 5.21 Å². The van der Waals surface area contributed by atoms with Gasteiger partial charge in [-0.25, -0.2) is 5.48 Å². The molecule has 0 saturated heterocycles. The number of benzene rings is 1. The summed E-state index contributed by atoms with van der Waals surface area (Å²) in [6.45, 7) is 0.473. The molecule has 0 heterocycles. The molecule has 1 rings (SSSR count). The third-order valence-electron chi connectivity index (χ3n) is 1.78. The van der Waals surface area contributed by atoms with Gasteiger partial charge in [0.1, 0.15) is 0 Å². The maximum absolute atomic E-state index is 8.62. The highest BCUT2D eigenvalue weighted by Gasteiger charge is 2.07. The van der Waals surface area contributed by atoms with Crippen LogP contribution < -0.4 is 5.48 Å². The molecule has 2 nitrogen and oxygen atoms in total. The van der Waals surface area contributed by atoms with Gasteiger partial charge < -0.3 is 5.21 Å². The lowest BCUT2D eigenvalue weighted by Gasteiger charge is -2.10. The lowest BCUT2D eigenvalue weighted by Crippen LogP contribution is -2.06. The van der Waals surface area contributed by atoms with Crippen LogP contribution in [-0.4, -0.2) is 17.7 Å². The Morgan fingerprint density at radius 3 is 2.57 bits per heavy atom. The zero-order valence-electron chi connectivity index (χ0n) is 8.00. The smallest absolute Gasteiger partial charge is 0.0458 e. The Morgan fingerprint density at radius 2 is 2.07 bits per heavy atom. The van der Waals surface area contributed by atoms with Gasteiger partial charge in [-0.15, -0.1) is 23.5 Å². The molecule has 0 amide bonds. The molecule has 0 aliphatic carbocycles. The average molecular weight is 294 g/mol. The number of rotatable bonds is 4. The van der Waals surface area contributed by atoms with Gasteiger partial charge in [0.05, 0.1) is 0 Å². The molecule has 1 aromatic carbocycles. The second-order valence-electron chi connectivity index (χ2n) is 2.65. The van der Waals surface area contributed by atoms with Crippen molar-refractivity contribution in [1.29, 1.82) is 0 Å². The van der Waals surface area contributed by atoms with Gasteiger partial charge in [-0.05, 0) is 46.1 Å². The summed E-state index contributed by atoms with van der Waals surface area (Å²) in [5, 5.41) is 8.62. The van der Waals surface area contributed by atoms with Crippen LogP contribution in [0.3, 0.4) is 0 Å². The molecule has 0 spiro atoms. The predicted molar refractivity (Wildman–Crippen MR) is 66.3 cm³/mol. The fourth-order valence-electron chi connectivity index (χ4n) is 1.16. The predicted octanol–water partition coefficient (Wildman–Crippen LogP) is 3.37. The SMILES string of the molecule is CSc1cc(CNO)cc(Br)c1SC. The molecule has 5 heteroatoms. The van der Waals surface area contributed by atoms with Gasteiger partial charge >= 0.3 is 0 Å². The second kappa shape index (κ2) is 6.02. The van der Waals surface area contributed by atoms with Crippen LogP contribution in [0.4, 0.5) is 0 Å². The average Bonchev–Trinajstić information content (AvgIpc) is 2.17. The molecule has 0 bridgehead atoms. The Morgan fingerprint density at radius 1 is 1.36 bits per heavy atom. The summed E-state index contributed by atoms with van der Waals surface area (Å²) in [5.41, 5.74) is 3.23. The summed E-state index contributed by atoms with van der Waals surface area (Å²) in [6.07, 6.45) is 4.11. The molecule has 0 atom stereocenters. The monoisotopic (exact) mass is 293 g/mol. The summed E-state index contributed by atoms with van der Waals surface area (Å²) in [6, 6.07) is 4.11. The van der Waals surface area contributed by atoms with Crippen molar-refractivity contribution in [2.75, 3.05) is 12.5 Å². The Labute approximate surface area is 101 Å². The second-order valence-corrected chi connectivity index (χ2v) is 5.17. The van der Waals surface area contributed by atoms with E-state index in [9.17, 15) is 0 Å². The molecule has 1 aromatic rings. The van der Waals surface area contributed by atoms with Crippen molar-refractivity contribution in [3.63, 3.8) is 0 Å². The zero-order chi connectivity index (χ0) is 10.6. The quantitative estimate of drug-likeness (QED) is 0.659. The molecule has 14 heavy (non-hydrogen) atoms. The van der Waals surface area contributed by atoms with Gasteiger partial charge in [0.25, 0.3) is 0 Å². The Kier molecular flexibility index (Phi) is 5.33. The van der Waals surface area contributed by atoms with Gasteiger partial charge in [-0.1, -0.05) is 0 Å². The summed E-state index contributed by atoms with van der Waals surface area (Å²) in [4.78, 5) is 2.48. The molecule has 0 saturated carbocycles. The van der Waals surface area contributed by atoms with E-state index in [1.807, 2.05) is 6.07 Å². The van der Waals surface area contributed by atoms with Gasteiger partial charge in [0.15, 0.2) is 0 Å². The minimum Gasteiger partial charge on any atom is -0.316 e. The largest absolute Gasteiger partial charge is 0.316 e. The molecular formula is C9H12BrNOS2. The highest BCUT2D eigenvalue weighted by atomic mass is 79.9. The standard InChI is InChI=1S/C9H12BrNOS2/c1-13-8-4-6(5-11-12)3-7(10)9(8)14-2/h3-4,11-12H,5H2,1-2H3. The first-order valence-electron chi connectivity index (χ1n) is 4.00. The Hall–Kier alpha value is 0.320. The lowest BCUT2D eigenvalue weighted by molar-refractivity contribution is 0.161. The van der Waals surface area contributed by atoms with E-state index in [1.165, 1.54) is 9.79 Å². The van der Waals surface area contributed by atoms with E-state index < -0.39 is 0 Å². The van der Waals surface area contributed by atoms with Crippen LogP contribution in [0.2, 0.25) is 0 Å². The fraction of sp³-hybridized carbons (Fsp3) is 0.333. The van der Waals surface area contributed by atoms with Crippen LogP contribution in [0.15, 0.2) is 26.4 Å². The summed E-state index contributed by atoms with van der Waals surface area (Å²) in [5.74, 6) is 0. The number of hydroxylamine groups is 1. The molecule has 0 aromatic heterocycles. The first-order valence-corrected chi connectivity index (χ1v) is 7.24. The van der Waals surface area contributed by atoms with Crippen molar-refractivity contribution in [2.24, 2.45) is 0 Å². The maximum Gasteiger partial charge on any atom is 0.0458 e. The van der Waals surface area contributed by atoms with E-state index in [-0.39, 0.29) is 0 Å². The van der Waals surface area contributed by atoms with Crippen molar-refractivity contribution in [3.8, 4) is 0 Å². The highest BCUT2D eigenvalue weighted by Crippen LogP contribution is 2.35. The van der Waals surface area contributed by atoms with Crippen molar-refractivity contribution in [1.82, 2.24) is 5.48 Å². The van der Waals surface area contributed by atoms with Crippen LogP contribution >= 0.6 is 39.5 Å². The highest BCUT2D eigenvalue weighted by molar-refractivity contribution is 9.10. The van der Waals surface area contributed by atoms with Crippen LogP contribution in [-0.2, 0) is 6.54 Å². The number of hydrogen-bond acceptors (Lipinski definition) is 4. The summed E-state index contributed by atoms with van der Waals surface area (Å²) in [7, 11) is 0. The van der Waals surface area contributed by atoms with Gasteiger partial charge in [-0.3, -0.25) is 0 Å². The molecule has 0 fully saturated rings. The third kappa shape index (κ3) is 2.90.